The molecule has 0 aliphatic carbocycles. The number of benzene rings is 2. The van der Waals surface area contributed by atoms with E-state index in [1.54, 1.807) is 0 Å². The highest BCUT2D eigenvalue weighted by Gasteiger charge is 2.52. The highest BCUT2D eigenvalue weighted by atomic mass is 127. The average molecular weight is 737 g/mol. The van der Waals surface area contributed by atoms with Gasteiger partial charge in [-0.2, -0.15) is 0 Å². The molecule has 0 N–H and O–H groups in total. The Labute approximate surface area is 278 Å². The van der Waals surface area contributed by atoms with Crippen LogP contribution in [0.15, 0.2) is 72.8 Å². The molecule has 3 rings (SSSR count). The van der Waals surface area contributed by atoms with Crippen LogP contribution >= 0.6 is 22.6 Å². The van der Waals surface area contributed by atoms with Gasteiger partial charge >= 0.3 is 0 Å². The molecule has 0 saturated carbocycles. The van der Waals surface area contributed by atoms with E-state index >= 15 is 0 Å². The first-order valence-electron chi connectivity index (χ1n) is 15.9. The molecule has 0 radical (unpaired) electrons. The third kappa shape index (κ3) is 8.71. The molecule has 0 bridgehead atoms. The van der Waals surface area contributed by atoms with E-state index in [0.717, 1.165) is 10.8 Å². The third-order valence-electron chi connectivity index (χ3n) is 9.30. The Kier molecular flexibility index (Phi) is 12.2. The molecule has 1 fully saturated rings. The zero-order chi connectivity index (χ0) is 32.3. The predicted octanol–water partition coefficient (Wildman–Crippen LogP) is 8.88. The molecule has 5 atom stereocenters. The lowest BCUT2D eigenvalue weighted by molar-refractivity contribution is -0.151. The first-order valence-corrected chi connectivity index (χ1v) is 22.3. The Bertz CT molecular complexity index is 1130. The second kappa shape index (κ2) is 14.3. The molecule has 2 unspecified atom stereocenters. The van der Waals surface area contributed by atoms with Crippen molar-refractivity contribution in [3.8, 4) is 0 Å². The van der Waals surface area contributed by atoms with Crippen LogP contribution in [-0.4, -0.2) is 51.3 Å². The van der Waals surface area contributed by atoms with Crippen molar-refractivity contribution in [2.75, 3.05) is 4.43 Å². The molecule has 0 aromatic heterocycles. The van der Waals surface area contributed by atoms with E-state index < -0.39 is 22.4 Å². The van der Waals surface area contributed by atoms with Crippen LogP contribution in [0.4, 0.5) is 0 Å². The molecule has 2 aromatic carbocycles. The summed E-state index contributed by atoms with van der Waals surface area (Å²) in [5.74, 6) is -0.472. The van der Waals surface area contributed by atoms with E-state index in [2.05, 4.69) is 164 Å². The quantitative estimate of drug-likeness (QED) is 0.0945. The van der Waals surface area contributed by atoms with E-state index in [1.165, 1.54) is 10.4 Å². The van der Waals surface area contributed by atoms with Gasteiger partial charge in [-0.3, -0.25) is 0 Å². The third-order valence-corrected chi connectivity index (χ3v) is 19.5. The summed E-state index contributed by atoms with van der Waals surface area (Å²) in [6.07, 6.45) is 5.12. The Balaban J connectivity index is 1.99. The molecule has 1 aliphatic rings. The van der Waals surface area contributed by atoms with Crippen LogP contribution in [0.5, 0.6) is 0 Å². The molecule has 0 spiro atoms. The van der Waals surface area contributed by atoms with Gasteiger partial charge in [0.1, 0.15) is 6.10 Å². The van der Waals surface area contributed by atoms with Gasteiger partial charge in [-0.1, -0.05) is 144 Å². The second-order valence-electron chi connectivity index (χ2n) is 15.2. The molecule has 240 valence electrons. The summed E-state index contributed by atoms with van der Waals surface area (Å²) >= 11 is 2.43. The maximum absolute atomic E-state index is 7.44. The summed E-state index contributed by atoms with van der Waals surface area (Å²) < 4.78 is 28.5. The van der Waals surface area contributed by atoms with Crippen molar-refractivity contribution in [3.05, 3.63) is 72.8 Å². The summed E-state index contributed by atoms with van der Waals surface area (Å²) in [7, 11) is -4.76. The minimum atomic E-state index is -2.66. The first-order chi connectivity index (χ1) is 19.8. The molecule has 7 heteroatoms. The van der Waals surface area contributed by atoms with Crippen LogP contribution in [0, 0.1) is 5.92 Å². The van der Waals surface area contributed by atoms with E-state index in [0.29, 0.717) is 0 Å². The smallest absolute Gasteiger partial charge is 0.261 e. The van der Waals surface area contributed by atoms with Crippen molar-refractivity contribution in [2.24, 2.45) is 5.92 Å². The van der Waals surface area contributed by atoms with Gasteiger partial charge < -0.3 is 18.3 Å². The molecule has 2 aromatic rings. The molecule has 1 aliphatic heterocycles. The first kappa shape index (κ1) is 36.6. The van der Waals surface area contributed by atoms with Crippen LogP contribution in [-0.2, 0) is 18.3 Å². The molecular formula is C36H57IO4Si2. The number of alkyl halides is 1. The van der Waals surface area contributed by atoms with Gasteiger partial charge in [0.25, 0.3) is 8.32 Å². The number of halogens is 1. The van der Waals surface area contributed by atoms with Crippen molar-refractivity contribution in [3.63, 3.8) is 0 Å². The van der Waals surface area contributed by atoms with Crippen LogP contribution in [0.2, 0.25) is 23.2 Å². The highest BCUT2D eigenvalue weighted by molar-refractivity contribution is 14.1. The van der Waals surface area contributed by atoms with Gasteiger partial charge in [0.2, 0.25) is 0 Å². The minimum Gasteiger partial charge on any atom is -0.408 e. The molecule has 4 nitrogen and oxygen atoms in total. The van der Waals surface area contributed by atoms with Crippen molar-refractivity contribution in [1.29, 1.82) is 0 Å². The molecule has 1 heterocycles. The lowest BCUT2D eigenvalue weighted by Crippen LogP contribution is -2.67. The Hall–Kier alpha value is -0.816. The fourth-order valence-electron chi connectivity index (χ4n) is 5.72. The maximum Gasteiger partial charge on any atom is 0.261 e. The number of hydrogen-bond acceptors (Lipinski definition) is 4. The maximum atomic E-state index is 7.44. The van der Waals surface area contributed by atoms with Crippen LogP contribution in [0.1, 0.15) is 75.7 Å². The zero-order valence-electron chi connectivity index (χ0n) is 28.7. The van der Waals surface area contributed by atoms with Gasteiger partial charge in [-0.15, -0.1) is 0 Å². The van der Waals surface area contributed by atoms with Crippen molar-refractivity contribution >= 4 is 49.6 Å². The number of hydrogen-bond donors (Lipinski definition) is 0. The lowest BCUT2D eigenvalue weighted by Gasteiger charge is -2.45. The highest BCUT2D eigenvalue weighted by Crippen LogP contribution is 2.41. The molecule has 1 saturated heterocycles. The summed E-state index contributed by atoms with van der Waals surface area (Å²) in [6, 6.07) is 21.8. The summed E-state index contributed by atoms with van der Waals surface area (Å²) in [6.45, 7) is 27.1. The Morgan fingerprint density at radius 2 is 1.33 bits per heavy atom. The zero-order valence-corrected chi connectivity index (χ0v) is 32.9. The fraction of sp³-hybridized carbons (Fsp3) is 0.611. The summed E-state index contributed by atoms with van der Waals surface area (Å²) in [4.78, 5) is 0. The van der Waals surface area contributed by atoms with Crippen molar-refractivity contribution in [1.82, 2.24) is 0 Å². The van der Waals surface area contributed by atoms with E-state index in [9.17, 15) is 0 Å². The normalized spacial score (nSPS) is 22.1. The van der Waals surface area contributed by atoms with Gasteiger partial charge in [0.05, 0.1) is 12.2 Å². The predicted molar refractivity (Wildman–Crippen MR) is 196 cm³/mol. The van der Waals surface area contributed by atoms with Gasteiger partial charge in [0.15, 0.2) is 14.1 Å². The van der Waals surface area contributed by atoms with Crippen LogP contribution in [0.25, 0.3) is 0 Å². The number of ether oxygens (including phenoxy) is 2. The minimum absolute atomic E-state index is 0.00703. The summed E-state index contributed by atoms with van der Waals surface area (Å²) in [5, 5.41) is 2.61. The second-order valence-corrected chi connectivity index (χ2v) is 25.3. The van der Waals surface area contributed by atoms with E-state index in [4.69, 9.17) is 18.3 Å². The Morgan fingerprint density at radius 1 is 0.814 bits per heavy atom. The molecule has 0 amide bonds. The Morgan fingerprint density at radius 3 is 1.77 bits per heavy atom. The largest absolute Gasteiger partial charge is 0.408 e. The molecular weight excluding hydrogens is 679 g/mol. The monoisotopic (exact) mass is 736 g/mol. The van der Waals surface area contributed by atoms with Crippen molar-refractivity contribution in [2.45, 2.75) is 129 Å². The molecule has 43 heavy (non-hydrogen) atoms. The van der Waals surface area contributed by atoms with Crippen molar-refractivity contribution < 1.29 is 18.3 Å². The van der Waals surface area contributed by atoms with E-state index in [-0.39, 0.29) is 40.4 Å². The van der Waals surface area contributed by atoms with E-state index in [1.807, 2.05) is 13.8 Å². The average Bonchev–Trinajstić information content (AvgIpc) is 3.22. The number of rotatable bonds is 12. The van der Waals surface area contributed by atoms with Gasteiger partial charge in [-0.05, 0) is 66.7 Å². The SMILES string of the molecule is CC(O[Si](c1ccccc1)(c1ccccc1)C(C)(C)C)[C@@H](C)/C=C\C(O[Si](C)(C)C(C)(C)C)[C@H]1OC(C)(C)O[C@@H]1CCI. The van der Waals surface area contributed by atoms with Gasteiger partial charge in [0, 0.05) is 10.5 Å². The van der Waals surface area contributed by atoms with Crippen LogP contribution in [0.3, 0.4) is 0 Å². The fourth-order valence-corrected chi connectivity index (χ4v) is 12.4. The topological polar surface area (TPSA) is 36.9 Å². The van der Waals surface area contributed by atoms with Gasteiger partial charge in [-0.25, -0.2) is 0 Å². The summed E-state index contributed by atoms with van der Waals surface area (Å²) in [5.41, 5.74) is 0. The standard InChI is InChI=1S/C36H57IO4Si2/c1-27(23-24-32(41-42(11,12)34(3,4)5)33-31(25-26-37)38-36(9,10)39-33)28(2)40-43(35(6,7)8,29-19-15-13-16-20-29)30-21-17-14-18-22-30/h13-24,27-28,31-33H,25-26H2,1-12H3/b24-23-/t27-,28?,31+,32?,33-/m0/s1. The lowest BCUT2D eigenvalue weighted by atomic mass is 10.0. The van der Waals surface area contributed by atoms with Crippen LogP contribution < -0.4 is 10.4 Å².